The molecule has 1 fully saturated rings. The topological polar surface area (TPSA) is 41.1 Å². The minimum atomic E-state index is 0.136. The number of rotatable bonds is 5. The van der Waals surface area contributed by atoms with E-state index in [1.54, 1.807) is 7.05 Å². The second-order valence-corrected chi connectivity index (χ2v) is 4.60. The van der Waals surface area contributed by atoms with Gasteiger partial charge in [0.2, 0.25) is 5.91 Å². The minimum absolute atomic E-state index is 0.136. The van der Waals surface area contributed by atoms with Crippen molar-refractivity contribution in [2.75, 3.05) is 13.6 Å². The molecule has 1 rings (SSSR count). The molecule has 0 saturated heterocycles. The molecule has 0 aromatic rings. The van der Waals surface area contributed by atoms with Crippen LogP contribution < -0.4 is 10.6 Å². The molecule has 88 valence electrons. The molecule has 0 spiro atoms. The van der Waals surface area contributed by atoms with Gasteiger partial charge in [0.15, 0.2) is 0 Å². The number of likely N-dealkylation sites (N-methyl/N-ethyl adjacent to an activating group) is 1. The lowest BCUT2D eigenvalue weighted by molar-refractivity contribution is -0.121. The molecular formula is C12H24N2O. The summed E-state index contributed by atoms with van der Waals surface area (Å²) in [6.45, 7) is 2.69. The Morgan fingerprint density at radius 3 is 2.47 bits per heavy atom. The van der Waals surface area contributed by atoms with E-state index in [2.05, 4.69) is 17.6 Å². The second-order valence-electron chi connectivity index (χ2n) is 4.60. The molecule has 1 saturated carbocycles. The molecule has 1 aliphatic carbocycles. The van der Waals surface area contributed by atoms with Crippen molar-refractivity contribution in [2.45, 2.75) is 51.5 Å². The molecule has 0 atom stereocenters. The molecule has 1 amide bonds. The van der Waals surface area contributed by atoms with Gasteiger partial charge in [-0.25, -0.2) is 0 Å². The Labute approximate surface area is 93.0 Å². The van der Waals surface area contributed by atoms with Gasteiger partial charge in [-0.1, -0.05) is 19.8 Å². The van der Waals surface area contributed by atoms with Crippen molar-refractivity contribution < 1.29 is 4.79 Å². The largest absolute Gasteiger partial charge is 0.352 e. The molecule has 0 radical (unpaired) electrons. The fraction of sp³-hybridized carbons (Fsp3) is 0.917. The Bertz CT molecular complexity index is 186. The van der Waals surface area contributed by atoms with Crippen LogP contribution in [-0.4, -0.2) is 25.5 Å². The molecular weight excluding hydrogens is 188 g/mol. The van der Waals surface area contributed by atoms with Crippen LogP contribution in [0.25, 0.3) is 0 Å². The summed E-state index contributed by atoms with van der Waals surface area (Å²) in [6, 6.07) is 0.430. The van der Waals surface area contributed by atoms with Crippen molar-refractivity contribution in [3.05, 3.63) is 0 Å². The summed E-state index contributed by atoms with van der Waals surface area (Å²) in [5, 5.41) is 5.96. The number of nitrogens with one attached hydrogen (secondary N) is 2. The molecule has 1 aliphatic rings. The van der Waals surface area contributed by atoms with Gasteiger partial charge >= 0.3 is 0 Å². The zero-order valence-corrected chi connectivity index (χ0v) is 10.0. The van der Waals surface area contributed by atoms with Crippen LogP contribution in [0, 0.1) is 5.92 Å². The highest BCUT2D eigenvalue weighted by Gasteiger charge is 2.21. The van der Waals surface area contributed by atoms with Crippen molar-refractivity contribution in [3.8, 4) is 0 Å². The van der Waals surface area contributed by atoms with E-state index in [-0.39, 0.29) is 5.91 Å². The minimum Gasteiger partial charge on any atom is -0.352 e. The average molecular weight is 212 g/mol. The van der Waals surface area contributed by atoms with Crippen LogP contribution in [0.15, 0.2) is 0 Å². The number of hydrogen-bond acceptors (Lipinski definition) is 2. The molecule has 2 N–H and O–H groups in total. The van der Waals surface area contributed by atoms with Gasteiger partial charge in [0.25, 0.3) is 0 Å². The molecule has 0 unspecified atom stereocenters. The van der Waals surface area contributed by atoms with Crippen LogP contribution in [-0.2, 0) is 4.79 Å². The maximum Gasteiger partial charge on any atom is 0.234 e. The molecule has 0 bridgehead atoms. The zero-order valence-electron chi connectivity index (χ0n) is 10.0. The van der Waals surface area contributed by atoms with Crippen molar-refractivity contribution in [1.82, 2.24) is 10.6 Å². The lowest BCUT2D eigenvalue weighted by Crippen LogP contribution is -2.41. The van der Waals surface area contributed by atoms with Crippen LogP contribution >= 0.6 is 0 Å². The fourth-order valence-electron chi connectivity index (χ4n) is 2.44. The van der Waals surface area contributed by atoms with Gasteiger partial charge in [-0.3, -0.25) is 4.79 Å². The highest BCUT2D eigenvalue weighted by molar-refractivity contribution is 5.78. The van der Waals surface area contributed by atoms with Crippen LogP contribution in [0.2, 0.25) is 0 Å². The summed E-state index contributed by atoms with van der Waals surface area (Å²) in [7, 11) is 1.80. The summed E-state index contributed by atoms with van der Waals surface area (Å²) in [5.74, 6) is 1.05. The lowest BCUT2D eigenvalue weighted by atomic mass is 9.83. The second kappa shape index (κ2) is 6.83. The smallest absolute Gasteiger partial charge is 0.234 e. The van der Waals surface area contributed by atoms with E-state index in [0.29, 0.717) is 12.6 Å². The maximum atomic E-state index is 11.3. The predicted molar refractivity (Wildman–Crippen MR) is 62.7 cm³/mol. The van der Waals surface area contributed by atoms with E-state index >= 15 is 0 Å². The first-order valence-corrected chi connectivity index (χ1v) is 6.20. The molecule has 3 nitrogen and oxygen atoms in total. The van der Waals surface area contributed by atoms with Crippen molar-refractivity contribution in [1.29, 1.82) is 0 Å². The Morgan fingerprint density at radius 1 is 1.27 bits per heavy atom. The monoisotopic (exact) mass is 212 g/mol. The zero-order chi connectivity index (χ0) is 11.1. The van der Waals surface area contributed by atoms with Crippen LogP contribution in [0.5, 0.6) is 0 Å². The van der Waals surface area contributed by atoms with Gasteiger partial charge < -0.3 is 10.6 Å². The third-order valence-electron chi connectivity index (χ3n) is 3.25. The van der Waals surface area contributed by atoms with E-state index in [9.17, 15) is 4.79 Å². The molecule has 0 aromatic carbocycles. The van der Waals surface area contributed by atoms with Gasteiger partial charge in [0.1, 0.15) is 0 Å². The lowest BCUT2D eigenvalue weighted by Gasteiger charge is -2.28. The van der Waals surface area contributed by atoms with Crippen LogP contribution in [0.3, 0.4) is 0 Å². The first kappa shape index (κ1) is 12.5. The first-order valence-electron chi connectivity index (χ1n) is 6.20. The SMILES string of the molecule is CCCC1CCC(NC(=O)CNC)CC1. The number of amides is 1. The Balaban J connectivity index is 2.16. The average Bonchev–Trinajstić information content (AvgIpc) is 2.22. The number of carbonyl (C=O) groups excluding carboxylic acids is 1. The summed E-state index contributed by atoms with van der Waals surface area (Å²) in [6.07, 6.45) is 7.57. The van der Waals surface area contributed by atoms with Gasteiger partial charge in [-0.15, -0.1) is 0 Å². The van der Waals surface area contributed by atoms with Gasteiger partial charge in [0.05, 0.1) is 6.54 Å². The number of hydrogen-bond donors (Lipinski definition) is 2. The summed E-state index contributed by atoms with van der Waals surface area (Å²) < 4.78 is 0. The van der Waals surface area contributed by atoms with Gasteiger partial charge in [0, 0.05) is 6.04 Å². The highest BCUT2D eigenvalue weighted by Crippen LogP contribution is 2.27. The standard InChI is InChI=1S/C12H24N2O/c1-3-4-10-5-7-11(8-6-10)14-12(15)9-13-2/h10-11,13H,3-9H2,1-2H3,(H,14,15). The van der Waals surface area contributed by atoms with E-state index in [1.807, 2.05) is 0 Å². The Hall–Kier alpha value is -0.570. The van der Waals surface area contributed by atoms with E-state index in [4.69, 9.17) is 0 Å². The fourth-order valence-corrected chi connectivity index (χ4v) is 2.44. The van der Waals surface area contributed by atoms with Crippen LogP contribution in [0.4, 0.5) is 0 Å². The summed E-state index contributed by atoms with van der Waals surface area (Å²) >= 11 is 0. The molecule has 0 aliphatic heterocycles. The summed E-state index contributed by atoms with van der Waals surface area (Å²) in [5.41, 5.74) is 0. The van der Waals surface area contributed by atoms with Gasteiger partial charge in [-0.05, 0) is 38.6 Å². The van der Waals surface area contributed by atoms with Gasteiger partial charge in [-0.2, -0.15) is 0 Å². The normalized spacial score (nSPS) is 26.3. The molecule has 3 heteroatoms. The molecule has 15 heavy (non-hydrogen) atoms. The van der Waals surface area contributed by atoms with E-state index in [1.165, 1.54) is 38.5 Å². The number of carbonyl (C=O) groups is 1. The van der Waals surface area contributed by atoms with E-state index < -0.39 is 0 Å². The van der Waals surface area contributed by atoms with Crippen molar-refractivity contribution in [3.63, 3.8) is 0 Å². The third kappa shape index (κ3) is 4.65. The van der Waals surface area contributed by atoms with Crippen molar-refractivity contribution in [2.24, 2.45) is 5.92 Å². The first-order chi connectivity index (χ1) is 7.26. The summed E-state index contributed by atoms with van der Waals surface area (Å²) in [4.78, 5) is 11.3. The Kier molecular flexibility index (Phi) is 5.69. The van der Waals surface area contributed by atoms with Crippen molar-refractivity contribution >= 4 is 5.91 Å². The molecule has 0 aromatic heterocycles. The maximum absolute atomic E-state index is 11.3. The molecule has 0 heterocycles. The highest BCUT2D eigenvalue weighted by atomic mass is 16.1. The Morgan fingerprint density at radius 2 is 1.93 bits per heavy atom. The van der Waals surface area contributed by atoms with Crippen LogP contribution in [0.1, 0.15) is 45.4 Å². The van der Waals surface area contributed by atoms with E-state index in [0.717, 1.165) is 5.92 Å². The quantitative estimate of drug-likeness (QED) is 0.728. The predicted octanol–water partition coefficient (Wildman–Crippen LogP) is 1.68. The third-order valence-corrected chi connectivity index (χ3v) is 3.25.